The maximum absolute atomic E-state index is 12.3. The van der Waals surface area contributed by atoms with Gasteiger partial charge in [-0.3, -0.25) is 4.79 Å². The number of rotatable bonds is 3. The van der Waals surface area contributed by atoms with Gasteiger partial charge in [-0.1, -0.05) is 6.92 Å². The van der Waals surface area contributed by atoms with Gasteiger partial charge in [-0.05, 0) is 40.0 Å². The molecule has 0 radical (unpaired) electrons. The number of amides is 1. The fourth-order valence-electron chi connectivity index (χ4n) is 2.25. The molecule has 0 aliphatic carbocycles. The van der Waals surface area contributed by atoms with Crippen molar-refractivity contribution in [3.05, 3.63) is 0 Å². The van der Waals surface area contributed by atoms with Crippen LogP contribution >= 0.6 is 11.6 Å². The Labute approximate surface area is 98.0 Å². The summed E-state index contributed by atoms with van der Waals surface area (Å²) in [6.07, 6.45) is 3.32. The first-order valence-electron chi connectivity index (χ1n) is 5.82. The Balaban J connectivity index is 2.81. The molecule has 1 saturated heterocycles. The average Bonchev–Trinajstić information content (AvgIpc) is 2.58. The van der Waals surface area contributed by atoms with Gasteiger partial charge >= 0.3 is 0 Å². The summed E-state index contributed by atoms with van der Waals surface area (Å²) in [6.45, 7) is 8.15. The second-order valence-corrected chi connectivity index (χ2v) is 5.49. The van der Waals surface area contributed by atoms with Gasteiger partial charge in [0.2, 0.25) is 5.91 Å². The number of halogens is 1. The molecule has 2 unspecified atom stereocenters. The Morgan fingerprint density at radius 1 is 1.47 bits per heavy atom. The van der Waals surface area contributed by atoms with Crippen molar-refractivity contribution in [3.8, 4) is 0 Å². The molecule has 1 aliphatic rings. The van der Waals surface area contributed by atoms with Crippen LogP contribution in [-0.2, 0) is 4.79 Å². The second kappa shape index (κ2) is 4.73. The molecular formula is C12H22ClNO. The Kier molecular flexibility index (Phi) is 4.05. The Hall–Kier alpha value is -0.240. The quantitative estimate of drug-likeness (QED) is 0.684. The predicted molar refractivity (Wildman–Crippen MR) is 64.1 cm³/mol. The van der Waals surface area contributed by atoms with Crippen LogP contribution in [0.1, 0.15) is 47.0 Å². The van der Waals surface area contributed by atoms with E-state index in [4.69, 9.17) is 11.6 Å². The Bertz CT molecular complexity index is 240. The highest BCUT2D eigenvalue weighted by molar-refractivity contribution is 6.19. The molecule has 1 amide bonds. The molecule has 0 bridgehead atoms. The summed E-state index contributed by atoms with van der Waals surface area (Å²) < 4.78 is 0. The molecule has 88 valence electrons. The minimum absolute atomic E-state index is 0.217. The van der Waals surface area contributed by atoms with E-state index in [9.17, 15) is 4.79 Å². The molecule has 0 saturated carbocycles. The summed E-state index contributed by atoms with van der Waals surface area (Å²) in [5.41, 5.74) is -0.423. The molecule has 15 heavy (non-hydrogen) atoms. The van der Waals surface area contributed by atoms with Crippen LogP contribution in [0.5, 0.6) is 0 Å². The van der Waals surface area contributed by atoms with Crippen molar-refractivity contribution < 1.29 is 4.79 Å². The van der Waals surface area contributed by atoms with Crippen molar-refractivity contribution >= 4 is 17.5 Å². The average molecular weight is 232 g/mol. The smallest absolute Gasteiger partial charge is 0.229 e. The standard InChI is InChI=1S/C12H22ClNO/c1-5-10-7-6-9(2)14(10)11(15)12(3,4)8-13/h9-10H,5-8H2,1-4H3. The first kappa shape index (κ1) is 12.8. The molecule has 1 aliphatic heterocycles. The number of carbonyl (C=O) groups is 1. The van der Waals surface area contributed by atoms with Crippen LogP contribution in [0.4, 0.5) is 0 Å². The molecule has 0 aromatic rings. The summed E-state index contributed by atoms with van der Waals surface area (Å²) in [4.78, 5) is 14.4. The minimum Gasteiger partial charge on any atom is -0.337 e. The lowest BCUT2D eigenvalue weighted by atomic mass is 9.93. The monoisotopic (exact) mass is 231 g/mol. The minimum atomic E-state index is -0.423. The van der Waals surface area contributed by atoms with E-state index in [-0.39, 0.29) is 5.91 Å². The predicted octanol–water partition coefficient (Wildman–Crippen LogP) is 3.04. The Morgan fingerprint density at radius 3 is 2.53 bits per heavy atom. The lowest BCUT2D eigenvalue weighted by molar-refractivity contribution is -0.142. The van der Waals surface area contributed by atoms with Crippen molar-refractivity contribution in [3.63, 3.8) is 0 Å². The van der Waals surface area contributed by atoms with Gasteiger partial charge in [0, 0.05) is 18.0 Å². The molecule has 2 nitrogen and oxygen atoms in total. The van der Waals surface area contributed by atoms with Crippen molar-refractivity contribution in [1.82, 2.24) is 4.90 Å². The van der Waals surface area contributed by atoms with Gasteiger partial charge in [0.1, 0.15) is 0 Å². The van der Waals surface area contributed by atoms with Gasteiger partial charge in [-0.15, -0.1) is 11.6 Å². The normalized spacial score (nSPS) is 27.1. The van der Waals surface area contributed by atoms with E-state index in [1.807, 2.05) is 13.8 Å². The van der Waals surface area contributed by atoms with Crippen molar-refractivity contribution in [1.29, 1.82) is 0 Å². The fraction of sp³-hybridized carbons (Fsp3) is 0.917. The van der Waals surface area contributed by atoms with Gasteiger partial charge in [0.15, 0.2) is 0 Å². The van der Waals surface area contributed by atoms with E-state index in [0.29, 0.717) is 18.0 Å². The topological polar surface area (TPSA) is 20.3 Å². The molecular weight excluding hydrogens is 210 g/mol. The van der Waals surface area contributed by atoms with Crippen LogP contribution in [0.3, 0.4) is 0 Å². The summed E-state index contributed by atoms with van der Waals surface area (Å²) in [7, 11) is 0. The maximum atomic E-state index is 12.3. The molecule has 3 heteroatoms. The summed E-state index contributed by atoms with van der Waals surface area (Å²) >= 11 is 5.86. The molecule has 2 atom stereocenters. The van der Waals surface area contributed by atoms with E-state index < -0.39 is 5.41 Å². The molecule has 1 heterocycles. The zero-order valence-electron chi connectivity index (χ0n) is 10.2. The van der Waals surface area contributed by atoms with E-state index in [0.717, 1.165) is 19.3 Å². The number of hydrogen-bond donors (Lipinski definition) is 0. The van der Waals surface area contributed by atoms with Crippen LogP contribution in [-0.4, -0.2) is 28.8 Å². The molecule has 1 rings (SSSR count). The highest BCUT2D eigenvalue weighted by Gasteiger charge is 2.39. The van der Waals surface area contributed by atoms with E-state index >= 15 is 0 Å². The van der Waals surface area contributed by atoms with Gasteiger partial charge in [0.25, 0.3) is 0 Å². The highest BCUT2D eigenvalue weighted by atomic mass is 35.5. The largest absolute Gasteiger partial charge is 0.337 e. The molecule has 0 aromatic heterocycles. The first-order chi connectivity index (χ1) is 6.94. The lowest BCUT2D eigenvalue weighted by Gasteiger charge is -2.34. The second-order valence-electron chi connectivity index (χ2n) is 5.22. The molecule has 0 N–H and O–H groups in total. The van der Waals surface area contributed by atoms with Crippen molar-refractivity contribution in [2.75, 3.05) is 5.88 Å². The number of nitrogens with zero attached hydrogens (tertiary/aromatic N) is 1. The molecule has 1 fully saturated rings. The maximum Gasteiger partial charge on any atom is 0.229 e. The van der Waals surface area contributed by atoms with Gasteiger partial charge in [0.05, 0.1) is 5.41 Å². The van der Waals surface area contributed by atoms with E-state index in [2.05, 4.69) is 18.7 Å². The summed E-state index contributed by atoms with van der Waals surface area (Å²) in [6, 6.07) is 0.805. The summed E-state index contributed by atoms with van der Waals surface area (Å²) in [5, 5.41) is 0. The fourth-order valence-corrected chi connectivity index (χ4v) is 2.36. The van der Waals surface area contributed by atoms with Crippen LogP contribution in [0, 0.1) is 5.41 Å². The van der Waals surface area contributed by atoms with Gasteiger partial charge in [-0.2, -0.15) is 0 Å². The number of hydrogen-bond acceptors (Lipinski definition) is 1. The van der Waals surface area contributed by atoms with Crippen LogP contribution in [0.2, 0.25) is 0 Å². The number of likely N-dealkylation sites (tertiary alicyclic amines) is 1. The van der Waals surface area contributed by atoms with Crippen LogP contribution in [0.15, 0.2) is 0 Å². The zero-order chi connectivity index (χ0) is 11.6. The zero-order valence-corrected chi connectivity index (χ0v) is 11.0. The highest BCUT2D eigenvalue weighted by Crippen LogP contribution is 2.31. The molecule has 0 aromatic carbocycles. The first-order valence-corrected chi connectivity index (χ1v) is 6.36. The van der Waals surface area contributed by atoms with E-state index in [1.54, 1.807) is 0 Å². The third-order valence-corrected chi connectivity index (χ3v) is 4.07. The number of carbonyl (C=O) groups excluding carboxylic acids is 1. The lowest BCUT2D eigenvalue weighted by Crippen LogP contribution is -2.47. The van der Waals surface area contributed by atoms with Crippen LogP contribution < -0.4 is 0 Å². The van der Waals surface area contributed by atoms with Crippen molar-refractivity contribution in [2.24, 2.45) is 5.41 Å². The third kappa shape index (κ3) is 2.47. The van der Waals surface area contributed by atoms with Crippen molar-refractivity contribution in [2.45, 2.75) is 59.0 Å². The van der Waals surface area contributed by atoms with Gasteiger partial charge < -0.3 is 4.90 Å². The third-order valence-electron chi connectivity index (χ3n) is 3.40. The molecule has 0 spiro atoms. The summed E-state index contributed by atoms with van der Waals surface area (Å²) in [5.74, 6) is 0.611. The van der Waals surface area contributed by atoms with Crippen LogP contribution in [0.25, 0.3) is 0 Å². The number of alkyl halides is 1. The van der Waals surface area contributed by atoms with E-state index in [1.165, 1.54) is 0 Å². The SMILES string of the molecule is CCC1CCC(C)N1C(=O)C(C)(C)CCl. The Morgan fingerprint density at radius 2 is 2.07 bits per heavy atom. The van der Waals surface area contributed by atoms with Gasteiger partial charge in [-0.25, -0.2) is 0 Å².